The Morgan fingerprint density at radius 1 is 1.38 bits per heavy atom. The first-order valence-electron chi connectivity index (χ1n) is 2.21. The summed E-state index contributed by atoms with van der Waals surface area (Å²) >= 11 is 0. The van der Waals surface area contributed by atoms with Gasteiger partial charge in [-0.25, -0.2) is 0 Å². The molecule has 49 valence electrons. The smallest absolute Gasteiger partial charge is 0.279 e. The molecule has 0 aliphatic rings. The summed E-state index contributed by atoms with van der Waals surface area (Å²) in [6.45, 7) is 1.41. The van der Waals surface area contributed by atoms with Crippen LogP contribution in [0.5, 0.6) is 0 Å². The molecule has 0 aromatic heterocycles. The predicted octanol–water partition coefficient (Wildman–Crippen LogP) is -0.688. The summed E-state index contributed by atoms with van der Waals surface area (Å²) in [6.07, 6.45) is -1.50. The molecule has 4 N–H and O–H groups in total. The van der Waals surface area contributed by atoms with Crippen LogP contribution in [-0.4, -0.2) is 26.2 Å². The first-order chi connectivity index (χ1) is 3.50. The van der Waals surface area contributed by atoms with E-state index in [1.54, 1.807) is 0 Å². The third-order valence-corrected chi connectivity index (χ3v) is 0.851. The van der Waals surface area contributed by atoms with Crippen LogP contribution in [0.3, 0.4) is 0 Å². The number of aliphatic hydroxyl groups is 4. The lowest BCUT2D eigenvalue weighted by molar-refractivity contribution is -0.228. The van der Waals surface area contributed by atoms with Crippen molar-refractivity contribution in [3.05, 3.63) is 6.29 Å². The number of hydrogen-bond donors (Lipinski definition) is 4. The van der Waals surface area contributed by atoms with E-state index >= 15 is 0 Å². The summed E-state index contributed by atoms with van der Waals surface area (Å²) in [6, 6.07) is 0. The highest BCUT2D eigenvalue weighted by Crippen LogP contribution is 2.13. The molecule has 0 spiro atoms. The summed E-state index contributed by atoms with van der Waals surface area (Å²) in [7, 11) is 0. The van der Waals surface area contributed by atoms with Crippen LogP contribution in [-0.2, 0) is 0 Å². The van der Waals surface area contributed by atoms with Gasteiger partial charge in [0.25, 0.3) is 6.29 Å². The Labute approximate surface area is 47.0 Å². The lowest BCUT2D eigenvalue weighted by Crippen LogP contribution is -2.34. The van der Waals surface area contributed by atoms with E-state index in [0.717, 1.165) is 0 Å². The summed E-state index contributed by atoms with van der Waals surface area (Å²) in [5.74, 6) is -2.43. The molecule has 0 rings (SSSR count). The first kappa shape index (κ1) is 7.84. The van der Waals surface area contributed by atoms with Gasteiger partial charge >= 0.3 is 0 Å². The predicted molar refractivity (Wildman–Crippen MR) is 24.6 cm³/mol. The first-order valence-corrected chi connectivity index (χ1v) is 2.21. The molecule has 4 heteroatoms. The monoisotopic (exact) mass is 121 g/mol. The molecule has 0 amide bonds. The summed E-state index contributed by atoms with van der Waals surface area (Å²) in [5.41, 5.74) is 0. The molecule has 0 heterocycles. The van der Waals surface area contributed by atoms with Crippen LogP contribution in [0.4, 0.5) is 0 Å². The van der Waals surface area contributed by atoms with Gasteiger partial charge in [0.05, 0.1) is 0 Å². The minimum atomic E-state index is -2.43. The van der Waals surface area contributed by atoms with Gasteiger partial charge in [0.2, 0.25) is 5.79 Å². The zero-order valence-electron chi connectivity index (χ0n) is 4.50. The molecule has 0 aromatic carbocycles. The van der Waals surface area contributed by atoms with Crippen LogP contribution in [0.1, 0.15) is 13.3 Å². The van der Waals surface area contributed by atoms with Crippen molar-refractivity contribution in [1.82, 2.24) is 0 Å². The van der Waals surface area contributed by atoms with Gasteiger partial charge in [0, 0.05) is 6.42 Å². The maximum Gasteiger partial charge on any atom is 0.279 e. The van der Waals surface area contributed by atoms with Crippen molar-refractivity contribution in [2.24, 2.45) is 0 Å². The fraction of sp³-hybridized carbons (Fsp3) is 0.750. The molecule has 8 heavy (non-hydrogen) atoms. The highest BCUT2D eigenvalue weighted by Gasteiger charge is 2.30. The van der Waals surface area contributed by atoms with E-state index in [4.69, 9.17) is 20.4 Å². The maximum absolute atomic E-state index is 8.42. The Hall–Kier alpha value is -0.160. The van der Waals surface area contributed by atoms with E-state index < -0.39 is 12.1 Å². The van der Waals surface area contributed by atoms with Crippen molar-refractivity contribution in [3.63, 3.8) is 0 Å². The molecule has 0 bridgehead atoms. The normalized spacial score (nSPS) is 12.8. The lowest BCUT2D eigenvalue weighted by Gasteiger charge is -2.18. The SMILES string of the molecule is CCC(O)(O)[C](O)O. The Kier molecular flexibility index (Phi) is 2.36. The topological polar surface area (TPSA) is 80.9 Å². The largest absolute Gasteiger partial charge is 0.361 e. The zero-order valence-corrected chi connectivity index (χ0v) is 4.50. The maximum atomic E-state index is 8.42. The minimum Gasteiger partial charge on any atom is -0.361 e. The van der Waals surface area contributed by atoms with Crippen molar-refractivity contribution in [1.29, 1.82) is 0 Å². The minimum absolute atomic E-state index is 0.144. The van der Waals surface area contributed by atoms with Crippen molar-refractivity contribution < 1.29 is 20.4 Å². The molecule has 0 fully saturated rings. The Balaban J connectivity index is 3.71. The molecule has 0 aliphatic heterocycles. The average molecular weight is 121 g/mol. The molecule has 1 radical (unpaired) electrons. The van der Waals surface area contributed by atoms with Crippen LogP contribution < -0.4 is 0 Å². The van der Waals surface area contributed by atoms with E-state index in [9.17, 15) is 0 Å². The standard InChI is InChI=1S/C4H9O4/c1-2-4(7,8)3(5)6/h5-8H,2H2,1H3. The highest BCUT2D eigenvalue weighted by molar-refractivity contribution is 4.77. The van der Waals surface area contributed by atoms with Crippen molar-refractivity contribution in [3.8, 4) is 0 Å². The molecule has 0 saturated heterocycles. The quantitative estimate of drug-likeness (QED) is 0.364. The van der Waals surface area contributed by atoms with E-state index in [-0.39, 0.29) is 6.42 Å². The van der Waals surface area contributed by atoms with E-state index in [0.29, 0.717) is 0 Å². The fourth-order valence-electron chi connectivity index (χ4n) is 0.158. The Morgan fingerprint density at radius 3 is 1.75 bits per heavy atom. The molecule has 0 unspecified atom stereocenters. The third kappa shape index (κ3) is 1.75. The van der Waals surface area contributed by atoms with Crippen LogP contribution >= 0.6 is 0 Å². The summed E-state index contributed by atoms with van der Waals surface area (Å²) in [4.78, 5) is 0. The molecular weight excluding hydrogens is 112 g/mol. The molecule has 0 aromatic rings. The van der Waals surface area contributed by atoms with Gasteiger partial charge in [0.1, 0.15) is 0 Å². The Bertz CT molecular complexity index is 68.4. The number of aliphatic hydroxyl groups excluding tert-OH is 1. The van der Waals surface area contributed by atoms with Crippen LogP contribution in [0.15, 0.2) is 0 Å². The second kappa shape index (κ2) is 2.41. The number of hydrogen-bond acceptors (Lipinski definition) is 4. The second-order valence-corrected chi connectivity index (χ2v) is 1.49. The highest BCUT2D eigenvalue weighted by atomic mass is 16.6. The van der Waals surface area contributed by atoms with Crippen molar-refractivity contribution in [2.75, 3.05) is 0 Å². The average Bonchev–Trinajstić information content (AvgIpc) is 1.67. The second-order valence-electron chi connectivity index (χ2n) is 1.49. The zero-order chi connectivity index (χ0) is 6.78. The molecule has 4 nitrogen and oxygen atoms in total. The van der Waals surface area contributed by atoms with Gasteiger partial charge in [-0.2, -0.15) is 0 Å². The van der Waals surface area contributed by atoms with Crippen LogP contribution in [0.2, 0.25) is 0 Å². The summed E-state index contributed by atoms with van der Waals surface area (Å²) < 4.78 is 0. The van der Waals surface area contributed by atoms with Crippen LogP contribution in [0, 0.1) is 6.29 Å². The molecule has 0 saturated carbocycles. The van der Waals surface area contributed by atoms with E-state index in [1.165, 1.54) is 6.92 Å². The van der Waals surface area contributed by atoms with Gasteiger partial charge in [-0.05, 0) is 0 Å². The van der Waals surface area contributed by atoms with Gasteiger partial charge in [-0.3, -0.25) is 0 Å². The van der Waals surface area contributed by atoms with Crippen LogP contribution in [0.25, 0.3) is 0 Å². The van der Waals surface area contributed by atoms with E-state index in [1.807, 2.05) is 0 Å². The van der Waals surface area contributed by atoms with Crippen molar-refractivity contribution in [2.45, 2.75) is 19.1 Å². The fourth-order valence-corrected chi connectivity index (χ4v) is 0.158. The van der Waals surface area contributed by atoms with Crippen molar-refractivity contribution >= 4 is 0 Å². The molecule has 0 atom stereocenters. The summed E-state index contributed by atoms with van der Waals surface area (Å²) in [5, 5.41) is 32.9. The van der Waals surface area contributed by atoms with Gasteiger partial charge in [-0.1, -0.05) is 6.92 Å². The van der Waals surface area contributed by atoms with E-state index in [2.05, 4.69) is 0 Å². The van der Waals surface area contributed by atoms with Gasteiger partial charge in [-0.15, -0.1) is 0 Å². The Morgan fingerprint density at radius 2 is 1.75 bits per heavy atom. The third-order valence-electron chi connectivity index (χ3n) is 0.851. The van der Waals surface area contributed by atoms with Gasteiger partial charge < -0.3 is 20.4 Å². The molecule has 0 aliphatic carbocycles. The lowest BCUT2D eigenvalue weighted by atomic mass is 10.2. The number of rotatable bonds is 2. The molecular formula is C4H9O4. The van der Waals surface area contributed by atoms with Gasteiger partial charge in [0.15, 0.2) is 0 Å².